The number of aryl methyl sites for hydroxylation is 1. The highest BCUT2D eigenvalue weighted by atomic mass is 16.4. The number of hydrogen-bond donors (Lipinski definition) is 1. The van der Waals surface area contributed by atoms with Gasteiger partial charge < -0.3 is 14.6 Å². The molecular weight excluding hydrogens is 228 g/mol. The Kier molecular flexibility index (Phi) is 2.33. The van der Waals surface area contributed by atoms with Gasteiger partial charge in [-0.1, -0.05) is 18.2 Å². The molecule has 2 aromatic rings. The van der Waals surface area contributed by atoms with Crippen LogP contribution in [0.4, 0.5) is 5.69 Å². The molecule has 4 nitrogen and oxygen atoms in total. The van der Waals surface area contributed by atoms with Crippen molar-refractivity contribution in [1.82, 2.24) is 4.57 Å². The fourth-order valence-corrected chi connectivity index (χ4v) is 2.66. The highest BCUT2D eigenvalue weighted by molar-refractivity contribution is 5.94. The lowest BCUT2D eigenvalue weighted by Gasteiger charge is -2.17. The van der Waals surface area contributed by atoms with Crippen LogP contribution in [0, 0.1) is 5.92 Å². The Bertz CT molecular complexity index is 617. The van der Waals surface area contributed by atoms with E-state index in [9.17, 15) is 4.79 Å². The number of aromatic nitrogens is 1. The third kappa shape index (κ3) is 1.56. The fourth-order valence-electron chi connectivity index (χ4n) is 2.66. The number of carbonyl (C=O) groups is 1. The zero-order valence-electron chi connectivity index (χ0n) is 10.5. The molecule has 1 aromatic heterocycles. The summed E-state index contributed by atoms with van der Waals surface area (Å²) < 4.78 is 2.08. The van der Waals surface area contributed by atoms with Crippen molar-refractivity contribution in [3.8, 4) is 0 Å². The average Bonchev–Trinajstić information content (AvgIpc) is 3.09. The summed E-state index contributed by atoms with van der Waals surface area (Å²) in [5, 5.41) is 10.2. The number of carboxylic acid groups (broad SMARTS) is 1. The molecule has 2 unspecified atom stereocenters. The largest absolute Gasteiger partial charge is 0.481 e. The van der Waals surface area contributed by atoms with E-state index in [0.29, 0.717) is 0 Å². The Morgan fingerprint density at radius 1 is 1.44 bits per heavy atom. The van der Waals surface area contributed by atoms with Gasteiger partial charge in [0.15, 0.2) is 0 Å². The van der Waals surface area contributed by atoms with Crippen LogP contribution in [0.15, 0.2) is 30.5 Å². The summed E-state index contributed by atoms with van der Waals surface area (Å²) in [4.78, 5) is 13.0. The van der Waals surface area contributed by atoms with E-state index in [0.717, 1.165) is 12.1 Å². The zero-order valence-corrected chi connectivity index (χ0v) is 10.5. The van der Waals surface area contributed by atoms with Crippen molar-refractivity contribution in [1.29, 1.82) is 0 Å². The lowest BCUT2D eigenvalue weighted by atomic mass is 10.2. The molecule has 4 heteroatoms. The second-order valence-corrected chi connectivity index (χ2v) is 5.00. The summed E-state index contributed by atoms with van der Waals surface area (Å²) in [6.45, 7) is 0. The van der Waals surface area contributed by atoms with Crippen molar-refractivity contribution in [2.75, 3.05) is 11.9 Å². The first-order valence-electron chi connectivity index (χ1n) is 6.09. The Hall–Kier alpha value is -1.97. The Balaban J connectivity index is 1.98. The number of benzene rings is 1. The molecule has 0 aliphatic heterocycles. The van der Waals surface area contributed by atoms with Gasteiger partial charge in [0.05, 0.1) is 11.6 Å². The molecule has 2 atom stereocenters. The third-order valence-corrected chi connectivity index (χ3v) is 3.83. The van der Waals surface area contributed by atoms with Crippen molar-refractivity contribution < 1.29 is 9.90 Å². The molecule has 18 heavy (non-hydrogen) atoms. The van der Waals surface area contributed by atoms with Crippen LogP contribution < -0.4 is 4.90 Å². The molecule has 1 saturated carbocycles. The van der Waals surface area contributed by atoms with Gasteiger partial charge in [0, 0.05) is 37.2 Å². The van der Waals surface area contributed by atoms with E-state index >= 15 is 0 Å². The van der Waals surface area contributed by atoms with Crippen molar-refractivity contribution in [3.63, 3.8) is 0 Å². The van der Waals surface area contributed by atoms with Gasteiger partial charge >= 0.3 is 5.97 Å². The summed E-state index contributed by atoms with van der Waals surface area (Å²) in [7, 11) is 4.00. The van der Waals surface area contributed by atoms with E-state index in [1.807, 2.05) is 26.2 Å². The van der Waals surface area contributed by atoms with Crippen molar-refractivity contribution in [3.05, 3.63) is 30.5 Å². The van der Waals surface area contributed by atoms with Crippen LogP contribution in [0.5, 0.6) is 0 Å². The molecule has 1 aliphatic carbocycles. The van der Waals surface area contributed by atoms with Gasteiger partial charge in [0.25, 0.3) is 0 Å². The first kappa shape index (κ1) is 11.1. The maximum atomic E-state index is 10.9. The van der Waals surface area contributed by atoms with E-state index in [1.54, 1.807) is 0 Å². The van der Waals surface area contributed by atoms with Crippen LogP contribution in [0.3, 0.4) is 0 Å². The van der Waals surface area contributed by atoms with Crippen LogP contribution in [-0.4, -0.2) is 28.7 Å². The van der Waals surface area contributed by atoms with Crippen molar-refractivity contribution >= 4 is 22.6 Å². The molecule has 1 heterocycles. The van der Waals surface area contributed by atoms with Crippen LogP contribution in [0.2, 0.25) is 0 Å². The summed E-state index contributed by atoms with van der Waals surface area (Å²) >= 11 is 0. The lowest BCUT2D eigenvalue weighted by Crippen LogP contribution is -2.23. The number of carboxylic acids is 1. The van der Waals surface area contributed by atoms with Crippen molar-refractivity contribution in [2.45, 2.75) is 12.5 Å². The number of nitrogens with zero attached hydrogens (tertiary/aromatic N) is 2. The highest BCUT2D eigenvalue weighted by Crippen LogP contribution is 2.40. The molecule has 0 bridgehead atoms. The molecule has 3 rings (SSSR count). The van der Waals surface area contributed by atoms with Crippen LogP contribution >= 0.6 is 0 Å². The van der Waals surface area contributed by atoms with Crippen LogP contribution in [0.25, 0.3) is 10.9 Å². The average molecular weight is 244 g/mol. The van der Waals surface area contributed by atoms with Gasteiger partial charge in [-0.2, -0.15) is 0 Å². The minimum atomic E-state index is -0.688. The lowest BCUT2D eigenvalue weighted by molar-refractivity contribution is -0.138. The van der Waals surface area contributed by atoms with E-state index < -0.39 is 5.97 Å². The number of rotatable bonds is 3. The van der Waals surface area contributed by atoms with E-state index in [1.165, 1.54) is 10.9 Å². The van der Waals surface area contributed by atoms with Gasteiger partial charge in [0.2, 0.25) is 0 Å². The predicted octanol–water partition coefficient (Wildman–Crippen LogP) is 2.09. The Labute approximate surface area is 105 Å². The monoisotopic (exact) mass is 244 g/mol. The van der Waals surface area contributed by atoms with E-state index in [4.69, 9.17) is 5.11 Å². The number of fused-ring (bicyclic) bond motifs is 1. The molecule has 0 radical (unpaired) electrons. The number of anilines is 1. The molecule has 1 fully saturated rings. The van der Waals surface area contributed by atoms with Gasteiger partial charge in [-0.15, -0.1) is 0 Å². The maximum Gasteiger partial charge on any atom is 0.308 e. The first-order chi connectivity index (χ1) is 8.59. The molecular formula is C14H16N2O2. The number of para-hydroxylation sites is 1. The molecule has 1 aliphatic rings. The molecule has 0 saturated heterocycles. The van der Waals surface area contributed by atoms with Gasteiger partial charge in [-0.25, -0.2) is 0 Å². The van der Waals surface area contributed by atoms with Crippen LogP contribution in [-0.2, 0) is 11.8 Å². The molecule has 0 spiro atoms. The third-order valence-electron chi connectivity index (χ3n) is 3.83. The molecule has 0 amide bonds. The van der Waals surface area contributed by atoms with E-state index in [-0.39, 0.29) is 12.0 Å². The predicted molar refractivity (Wildman–Crippen MR) is 70.9 cm³/mol. The fraction of sp³-hybridized carbons (Fsp3) is 0.357. The van der Waals surface area contributed by atoms with Gasteiger partial charge in [-0.3, -0.25) is 4.79 Å². The first-order valence-corrected chi connectivity index (χ1v) is 6.09. The minimum absolute atomic E-state index is 0.133. The summed E-state index contributed by atoms with van der Waals surface area (Å²) in [6.07, 6.45) is 2.82. The minimum Gasteiger partial charge on any atom is -0.481 e. The summed E-state index contributed by atoms with van der Waals surface area (Å²) in [5.74, 6) is -0.902. The smallest absolute Gasteiger partial charge is 0.308 e. The highest BCUT2D eigenvalue weighted by Gasteiger charge is 2.46. The topological polar surface area (TPSA) is 45.5 Å². The van der Waals surface area contributed by atoms with Gasteiger partial charge in [0.1, 0.15) is 0 Å². The van der Waals surface area contributed by atoms with Crippen LogP contribution in [0.1, 0.15) is 6.42 Å². The quantitative estimate of drug-likeness (QED) is 0.899. The number of hydrogen-bond acceptors (Lipinski definition) is 2. The van der Waals surface area contributed by atoms with Gasteiger partial charge in [-0.05, 0) is 12.5 Å². The molecule has 1 N–H and O–H groups in total. The standard InChI is InChI=1S/C14H16N2O2/c1-15-8-13(9-5-3-4-6-11(9)15)16(2)12-7-10(12)14(17)18/h3-6,8,10,12H,7H2,1-2H3,(H,17,18). The Morgan fingerprint density at radius 2 is 2.17 bits per heavy atom. The second-order valence-electron chi connectivity index (χ2n) is 5.00. The SMILES string of the molecule is CN(c1cn(C)c2ccccc12)C1CC1C(=O)O. The molecule has 1 aromatic carbocycles. The number of aliphatic carboxylic acids is 1. The summed E-state index contributed by atoms with van der Waals surface area (Å²) in [5.41, 5.74) is 2.29. The summed E-state index contributed by atoms with van der Waals surface area (Å²) in [6, 6.07) is 8.33. The Morgan fingerprint density at radius 3 is 2.83 bits per heavy atom. The second kappa shape index (κ2) is 3.77. The zero-order chi connectivity index (χ0) is 12.9. The normalized spacial score (nSPS) is 22.1. The molecule has 94 valence electrons. The van der Waals surface area contributed by atoms with Crippen molar-refractivity contribution in [2.24, 2.45) is 13.0 Å². The van der Waals surface area contributed by atoms with E-state index in [2.05, 4.69) is 27.8 Å². The maximum absolute atomic E-state index is 10.9.